The molecule has 2 aromatic carbocycles. The molecule has 0 N–H and O–H groups in total. The van der Waals surface area contributed by atoms with E-state index in [2.05, 4.69) is 4.74 Å². The third-order valence-electron chi connectivity index (χ3n) is 3.22. The van der Waals surface area contributed by atoms with Gasteiger partial charge in [0.1, 0.15) is 30.0 Å². The van der Waals surface area contributed by atoms with Crippen LogP contribution in [-0.4, -0.2) is 26.2 Å². The highest BCUT2D eigenvalue weighted by Crippen LogP contribution is 2.25. The van der Waals surface area contributed by atoms with Gasteiger partial charge in [0.25, 0.3) is 0 Å². The predicted octanol–water partition coefficient (Wildman–Crippen LogP) is 3.22. The quantitative estimate of drug-likeness (QED) is 0.429. The maximum absolute atomic E-state index is 14.2. The van der Waals surface area contributed by atoms with Gasteiger partial charge in [0.05, 0.1) is 14.2 Å². The molecule has 0 aliphatic carbocycles. The lowest BCUT2D eigenvalue weighted by Gasteiger charge is -2.12. The molecule has 2 aromatic rings. The van der Waals surface area contributed by atoms with Crippen LogP contribution in [0.2, 0.25) is 0 Å². The number of benzene rings is 2. The van der Waals surface area contributed by atoms with E-state index in [1.54, 1.807) is 24.3 Å². The molecule has 7 heteroatoms. The van der Waals surface area contributed by atoms with Crippen LogP contribution in [-0.2, 0) is 25.6 Å². The molecule has 0 aromatic heterocycles. The Morgan fingerprint density at radius 3 is 2.42 bits per heavy atom. The van der Waals surface area contributed by atoms with Crippen molar-refractivity contribution in [2.75, 3.05) is 14.2 Å². The SMILES string of the molecule is COC=C(Oc1cccc(F)c1C(=O)OCc1ccccc1)C(=O)OC. The Balaban J connectivity index is 2.24. The first-order valence-corrected chi connectivity index (χ1v) is 7.55. The van der Waals surface area contributed by atoms with E-state index in [4.69, 9.17) is 14.2 Å². The lowest BCUT2D eigenvalue weighted by molar-refractivity contribution is -0.138. The van der Waals surface area contributed by atoms with E-state index in [1.165, 1.54) is 19.2 Å². The molecule has 0 aliphatic rings. The van der Waals surface area contributed by atoms with Gasteiger partial charge in [-0.1, -0.05) is 36.4 Å². The van der Waals surface area contributed by atoms with E-state index in [0.29, 0.717) is 0 Å². The summed E-state index contributed by atoms with van der Waals surface area (Å²) in [5.41, 5.74) is 0.309. The Bertz CT molecular complexity index is 801. The van der Waals surface area contributed by atoms with Gasteiger partial charge in [-0.05, 0) is 17.7 Å². The van der Waals surface area contributed by atoms with Gasteiger partial charge < -0.3 is 18.9 Å². The third kappa shape index (κ3) is 4.83. The molecular weight excluding hydrogens is 343 g/mol. The van der Waals surface area contributed by atoms with Crippen molar-refractivity contribution in [1.82, 2.24) is 0 Å². The van der Waals surface area contributed by atoms with Crippen molar-refractivity contribution in [2.45, 2.75) is 6.61 Å². The fraction of sp³-hybridized carbons (Fsp3) is 0.158. The monoisotopic (exact) mass is 360 g/mol. The number of hydrogen-bond donors (Lipinski definition) is 0. The summed E-state index contributed by atoms with van der Waals surface area (Å²) in [5.74, 6) is -3.17. The molecular formula is C19H17FO6. The average Bonchev–Trinajstić information content (AvgIpc) is 2.66. The number of ether oxygens (including phenoxy) is 4. The highest BCUT2D eigenvalue weighted by Gasteiger charge is 2.23. The standard InChI is InChI=1S/C19H17FO6/c1-23-12-16(18(21)24-2)26-15-10-6-9-14(20)17(15)19(22)25-11-13-7-4-3-5-8-13/h3-10,12H,11H2,1-2H3. The molecule has 0 radical (unpaired) electrons. The van der Waals surface area contributed by atoms with Gasteiger partial charge in [-0.3, -0.25) is 0 Å². The van der Waals surface area contributed by atoms with Crippen molar-refractivity contribution in [3.05, 3.63) is 77.5 Å². The minimum absolute atomic E-state index is 0.0365. The van der Waals surface area contributed by atoms with Gasteiger partial charge in [0.2, 0.25) is 5.76 Å². The Morgan fingerprint density at radius 2 is 1.77 bits per heavy atom. The van der Waals surface area contributed by atoms with Crippen LogP contribution in [0, 0.1) is 5.82 Å². The first-order chi connectivity index (χ1) is 12.6. The fourth-order valence-corrected chi connectivity index (χ4v) is 2.02. The highest BCUT2D eigenvalue weighted by molar-refractivity contribution is 5.93. The second kappa shape index (κ2) is 9.22. The summed E-state index contributed by atoms with van der Waals surface area (Å²) < 4.78 is 33.9. The van der Waals surface area contributed by atoms with Gasteiger partial charge in [0, 0.05) is 0 Å². The molecule has 0 amide bonds. The number of carbonyl (C=O) groups is 2. The van der Waals surface area contributed by atoms with Crippen LogP contribution in [0.15, 0.2) is 60.6 Å². The topological polar surface area (TPSA) is 71.1 Å². The molecule has 2 rings (SSSR count). The molecule has 0 atom stereocenters. The lowest BCUT2D eigenvalue weighted by Crippen LogP contribution is -2.15. The Labute approximate surface area is 149 Å². The average molecular weight is 360 g/mol. The summed E-state index contributed by atoms with van der Waals surface area (Å²) in [5, 5.41) is 0. The molecule has 0 unspecified atom stereocenters. The first kappa shape index (κ1) is 19.0. The van der Waals surface area contributed by atoms with Crippen molar-refractivity contribution in [3.8, 4) is 5.75 Å². The molecule has 0 aliphatic heterocycles. The minimum Gasteiger partial charge on any atom is -0.500 e. The first-order valence-electron chi connectivity index (χ1n) is 7.55. The molecule has 26 heavy (non-hydrogen) atoms. The zero-order valence-corrected chi connectivity index (χ0v) is 14.2. The Kier molecular flexibility index (Phi) is 6.73. The van der Waals surface area contributed by atoms with Crippen molar-refractivity contribution in [1.29, 1.82) is 0 Å². The number of rotatable bonds is 7. The van der Waals surface area contributed by atoms with E-state index in [0.717, 1.165) is 25.0 Å². The van der Waals surface area contributed by atoms with Crippen molar-refractivity contribution >= 4 is 11.9 Å². The summed E-state index contributed by atoms with van der Waals surface area (Å²) in [6, 6.07) is 12.7. The molecule has 136 valence electrons. The molecule has 0 bridgehead atoms. The van der Waals surface area contributed by atoms with E-state index in [-0.39, 0.29) is 18.1 Å². The van der Waals surface area contributed by atoms with E-state index >= 15 is 0 Å². The molecule has 0 saturated carbocycles. The summed E-state index contributed by atoms with van der Waals surface area (Å²) in [6.45, 7) is -0.0365. The highest BCUT2D eigenvalue weighted by atomic mass is 19.1. The summed E-state index contributed by atoms with van der Waals surface area (Å²) in [4.78, 5) is 24.0. The molecule has 0 saturated heterocycles. The van der Waals surface area contributed by atoms with E-state index in [9.17, 15) is 14.0 Å². The van der Waals surface area contributed by atoms with Crippen LogP contribution in [0.5, 0.6) is 5.75 Å². The number of methoxy groups -OCH3 is 2. The van der Waals surface area contributed by atoms with Gasteiger partial charge in [-0.25, -0.2) is 14.0 Å². The number of halogens is 1. The number of hydrogen-bond acceptors (Lipinski definition) is 6. The van der Waals surface area contributed by atoms with Crippen LogP contribution in [0.25, 0.3) is 0 Å². The Hall–Kier alpha value is -3.35. The zero-order valence-electron chi connectivity index (χ0n) is 14.2. The second-order valence-electron chi connectivity index (χ2n) is 4.99. The third-order valence-corrected chi connectivity index (χ3v) is 3.22. The van der Waals surface area contributed by atoms with Gasteiger partial charge in [0.15, 0.2) is 0 Å². The minimum atomic E-state index is -0.927. The van der Waals surface area contributed by atoms with Crippen molar-refractivity contribution < 1.29 is 32.9 Å². The zero-order chi connectivity index (χ0) is 18.9. The maximum Gasteiger partial charge on any atom is 0.377 e. The molecule has 0 heterocycles. The molecule has 0 fully saturated rings. The van der Waals surface area contributed by atoms with Crippen molar-refractivity contribution in [3.63, 3.8) is 0 Å². The smallest absolute Gasteiger partial charge is 0.377 e. The Morgan fingerprint density at radius 1 is 1.04 bits per heavy atom. The van der Waals surface area contributed by atoms with Gasteiger partial charge in [-0.2, -0.15) is 0 Å². The largest absolute Gasteiger partial charge is 0.500 e. The van der Waals surface area contributed by atoms with E-state index < -0.39 is 23.3 Å². The summed E-state index contributed by atoms with van der Waals surface area (Å²) >= 11 is 0. The second-order valence-corrected chi connectivity index (χ2v) is 4.99. The van der Waals surface area contributed by atoms with Crippen LogP contribution in [0.3, 0.4) is 0 Å². The fourth-order valence-electron chi connectivity index (χ4n) is 2.02. The van der Waals surface area contributed by atoms with Crippen LogP contribution in [0.1, 0.15) is 15.9 Å². The van der Waals surface area contributed by atoms with Crippen LogP contribution >= 0.6 is 0 Å². The van der Waals surface area contributed by atoms with Crippen molar-refractivity contribution in [2.24, 2.45) is 0 Å². The molecule has 0 spiro atoms. The van der Waals surface area contributed by atoms with Gasteiger partial charge >= 0.3 is 11.9 Å². The van der Waals surface area contributed by atoms with Gasteiger partial charge in [-0.15, -0.1) is 0 Å². The van der Waals surface area contributed by atoms with E-state index in [1.807, 2.05) is 6.07 Å². The number of esters is 2. The predicted molar refractivity (Wildman–Crippen MR) is 89.7 cm³/mol. The van der Waals surface area contributed by atoms with Crippen LogP contribution in [0.4, 0.5) is 4.39 Å². The normalized spacial score (nSPS) is 10.8. The lowest BCUT2D eigenvalue weighted by atomic mass is 10.2. The summed E-state index contributed by atoms with van der Waals surface area (Å²) in [6.07, 6.45) is 0.982. The molecule has 6 nitrogen and oxygen atoms in total. The van der Waals surface area contributed by atoms with Crippen LogP contribution < -0.4 is 4.74 Å². The maximum atomic E-state index is 14.2. The summed E-state index contributed by atoms with van der Waals surface area (Å²) in [7, 11) is 2.45. The number of carbonyl (C=O) groups excluding carboxylic acids is 2.